The van der Waals surface area contributed by atoms with Crippen molar-refractivity contribution in [2.45, 2.75) is 19.3 Å². The van der Waals surface area contributed by atoms with E-state index in [-0.39, 0.29) is 24.8 Å². The van der Waals surface area contributed by atoms with Crippen molar-refractivity contribution in [2.75, 3.05) is 23.0 Å². The molecule has 1 N–H and O–H groups in total. The van der Waals surface area contributed by atoms with Crippen LogP contribution in [0.4, 0.5) is 17.1 Å². The van der Waals surface area contributed by atoms with Gasteiger partial charge in [-0.25, -0.2) is 0 Å². The number of esters is 1. The molecule has 0 saturated carbocycles. The van der Waals surface area contributed by atoms with E-state index >= 15 is 0 Å². The molecule has 2 amide bonds. The minimum Gasteiger partial charge on any atom is -0.455 e. The molecule has 5 rings (SSSR count). The number of fused-ring (bicyclic) bond motifs is 2. The van der Waals surface area contributed by atoms with Crippen LogP contribution in [0.25, 0.3) is 0 Å². The lowest BCUT2D eigenvalue weighted by molar-refractivity contribution is -0.151. The van der Waals surface area contributed by atoms with E-state index in [0.29, 0.717) is 5.69 Å². The molecule has 0 bridgehead atoms. The number of aryl methyl sites for hydroxylation is 2. The van der Waals surface area contributed by atoms with E-state index in [0.717, 1.165) is 35.3 Å². The number of aromatic amines is 1. The van der Waals surface area contributed by atoms with Gasteiger partial charge in [0.05, 0.1) is 29.2 Å². The van der Waals surface area contributed by atoms with Gasteiger partial charge >= 0.3 is 5.97 Å². The van der Waals surface area contributed by atoms with Gasteiger partial charge in [-0.2, -0.15) is 5.10 Å². The summed E-state index contributed by atoms with van der Waals surface area (Å²) in [6, 6.07) is 15.6. The predicted molar refractivity (Wildman–Crippen MR) is 117 cm³/mol. The molecule has 3 heterocycles. The summed E-state index contributed by atoms with van der Waals surface area (Å²) in [5.74, 6) is -1.66. The van der Waals surface area contributed by atoms with Gasteiger partial charge in [0.1, 0.15) is 0 Å². The Morgan fingerprint density at radius 3 is 2.31 bits per heavy atom. The number of nitrogens with one attached hydrogen (secondary N) is 1. The highest BCUT2D eigenvalue weighted by Crippen LogP contribution is 2.36. The highest BCUT2D eigenvalue weighted by molar-refractivity contribution is 6.04. The molecule has 32 heavy (non-hydrogen) atoms. The predicted octanol–water partition coefficient (Wildman–Crippen LogP) is 2.77. The van der Waals surface area contributed by atoms with Gasteiger partial charge < -0.3 is 9.64 Å². The molecule has 0 radical (unpaired) electrons. The summed E-state index contributed by atoms with van der Waals surface area (Å²) in [6.45, 7) is -0.182. The minimum atomic E-state index is -0.617. The van der Waals surface area contributed by atoms with E-state index < -0.39 is 18.5 Å². The fourth-order valence-electron chi connectivity index (χ4n) is 4.37. The molecule has 8 nitrogen and oxygen atoms in total. The SMILES string of the molecule is O=C(OCC(=O)N1c2ccccc2CCc2ccccc21)C1CC(=O)N(c2cn[nH]c2)C1. The fraction of sp³-hybridized carbons (Fsp3) is 0.250. The van der Waals surface area contributed by atoms with Crippen molar-refractivity contribution < 1.29 is 19.1 Å². The maximum atomic E-state index is 13.3. The van der Waals surface area contributed by atoms with E-state index in [9.17, 15) is 14.4 Å². The van der Waals surface area contributed by atoms with Crippen LogP contribution >= 0.6 is 0 Å². The zero-order valence-electron chi connectivity index (χ0n) is 17.4. The molecule has 1 aromatic heterocycles. The van der Waals surface area contributed by atoms with Crippen molar-refractivity contribution in [3.8, 4) is 0 Å². The first-order valence-corrected chi connectivity index (χ1v) is 10.6. The Labute approximate surface area is 184 Å². The van der Waals surface area contributed by atoms with Gasteiger partial charge in [-0.1, -0.05) is 36.4 Å². The number of amides is 2. The second-order valence-electron chi connectivity index (χ2n) is 7.96. The van der Waals surface area contributed by atoms with Crippen LogP contribution in [-0.2, 0) is 32.0 Å². The van der Waals surface area contributed by atoms with Crippen LogP contribution in [0.15, 0.2) is 60.9 Å². The number of hydrogen-bond donors (Lipinski definition) is 1. The first-order chi connectivity index (χ1) is 15.6. The average Bonchev–Trinajstić information content (AvgIpc) is 3.44. The standard InChI is InChI=1S/C24H22N4O4/c29-22-11-18(14-27(22)19-12-25-26-13-19)24(31)32-15-23(30)28-20-7-3-1-5-16(20)9-10-17-6-2-4-8-21(17)28/h1-8,12-13,18H,9-11,14-15H2,(H,25,26). The number of carbonyl (C=O) groups excluding carboxylic acids is 3. The number of carbonyl (C=O) groups is 3. The van der Waals surface area contributed by atoms with Crippen molar-refractivity contribution in [1.29, 1.82) is 0 Å². The number of para-hydroxylation sites is 2. The first kappa shape index (κ1) is 20.0. The van der Waals surface area contributed by atoms with Crippen molar-refractivity contribution in [3.63, 3.8) is 0 Å². The quantitative estimate of drug-likeness (QED) is 0.642. The largest absolute Gasteiger partial charge is 0.455 e. The van der Waals surface area contributed by atoms with Gasteiger partial charge in [-0.05, 0) is 36.1 Å². The van der Waals surface area contributed by atoms with Gasteiger partial charge in [-0.15, -0.1) is 0 Å². The minimum absolute atomic E-state index is 0.0492. The molecule has 2 aliphatic rings. The molecule has 3 aromatic rings. The summed E-state index contributed by atoms with van der Waals surface area (Å²) in [6.07, 6.45) is 4.83. The smallest absolute Gasteiger partial charge is 0.311 e. The van der Waals surface area contributed by atoms with E-state index in [4.69, 9.17) is 4.74 Å². The van der Waals surface area contributed by atoms with Crippen molar-refractivity contribution in [1.82, 2.24) is 10.2 Å². The number of H-pyrrole nitrogens is 1. The summed E-state index contributed by atoms with van der Waals surface area (Å²) in [4.78, 5) is 41.4. The Kier molecular flexibility index (Phi) is 5.18. The third-order valence-corrected chi connectivity index (χ3v) is 5.97. The normalized spacial score (nSPS) is 17.5. The van der Waals surface area contributed by atoms with Gasteiger partial charge in [0, 0.05) is 19.2 Å². The fourth-order valence-corrected chi connectivity index (χ4v) is 4.37. The van der Waals surface area contributed by atoms with Crippen LogP contribution in [0.1, 0.15) is 17.5 Å². The summed E-state index contributed by atoms with van der Waals surface area (Å²) in [7, 11) is 0. The van der Waals surface area contributed by atoms with Crippen LogP contribution in [-0.4, -0.2) is 41.1 Å². The Morgan fingerprint density at radius 1 is 1.03 bits per heavy atom. The molecule has 1 atom stereocenters. The van der Waals surface area contributed by atoms with Crippen LogP contribution in [0, 0.1) is 5.92 Å². The van der Waals surface area contributed by atoms with Crippen molar-refractivity contribution in [3.05, 3.63) is 72.1 Å². The van der Waals surface area contributed by atoms with Gasteiger partial charge in [0.2, 0.25) is 5.91 Å². The molecule has 1 fully saturated rings. The van der Waals surface area contributed by atoms with Gasteiger partial charge in [0.15, 0.2) is 6.61 Å². The topological polar surface area (TPSA) is 95.6 Å². The Hall–Kier alpha value is -3.94. The first-order valence-electron chi connectivity index (χ1n) is 10.6. The molecule has 2 aliphatic heterocycles. The number of benzene rings is 2. The summed E-state index contributed by atoms with van der Waals surface area (Å²) in [5.41, 5.74) is 4.36. The highest BCUT2D eigenvalue weighted by atomic mass is 16.5. The number of anilines is 3. The number of rotatable bonds is 4. The summed E-state index contributed by atoms with van der Waals surface area (Å²) in [5, 5.41) is 6.50. The van der Waals surface area contributed by atoms with Crippen LogP contribution in [0.3, 0.4) is 0 Å². The maximum absolute atomic E-state index is 13.3. The van der Waals surface area contributed by atoms with Gasteiger partial charge in [-0.3, -0.25) is 24.4 Å². The highest BCUT2D eigenvalue weighted by Gasteiger charge is 2.37. The molecule has 8 heteroatoms. The maximum Gasteiger partial charge on any atom is 0.311 e. The second kappa shape index (κ2) is 8.30. The molecule has 0 spiro atoms. The van der Waals surface area contributed by atoms with E-state index in [2.05, 4.69) is 10.2 Å². The van der Waals surface area contributed by atoms with E-state index in [1.54, 1.807) is 11.1 Å². The lowest BCUT2D eigenvalue weighted by Crippen LogP contribution is -2.33. The van der Waals surface area contributed by atoms with Crippen LogP contribution < -0.4 is 9.80 Å². The van der Waals surface area contributed by atoms with E-state index in [1.807, 2.05) is 48.5 Å². The number of nitrogens with zero attached hydrogens (tertiary/aromatic N) is 3. The van der Waals surface area contributed by atoms with Crippen molar-refractivity contribution in [2.24, 2.45) is 5.92 Å². The zero-order chi connectivity index (χ0) is 22.1. The molecular weight excluding hydrogens is 408 g/mol. The zero-order valence-corrected chi connectivity index (χ0v) is 17.4. The van der Waals surface area contributed by atoms with Crippen LogP contribution in [0.2, 0.25) is 0 Å². The molecule has 162 valence electrons. The van der Waals surface area contributed by atoms with E-state index in [1.165, 1.54) is 11.1 Å². The Morgan fingerprint density at radius 2 is 1.69 bits per heavy atom. The molecule has 1 saturated heterocycles. The lowest BCUT2D eigenvalue weighted by atomic mass is 10.0. The number of ether oxygens (including phenoxy) is 1. The lowest BCUT2D eigenvalue weighted by Gasteiger charge is -2.25. The molecule has 0 aliphatic carbocycles. The third kappa shape index (κ3) is 3.64. The monoisotopic (exact) mass is 430 g/mol. The average molecular weight is 430 g/mol. The molecule has 1 unspecified atom stereocenters. The van der Waals surface area contributed by atoms with Crippen molar-refractivity contribution >= 4 is 34.8 Å². The summed E-state index contributed by atoms with van der Waals surface area (Å²) < 4.78 is 5.39. The summed E-state index contributed by atoms with van der Waals surface area (Å²) >= 11 is 0. The third-order valence-electron chi connectivity index (χ3n) is 5.97. The molecule has 2 aromatic carbocycles. The van der Waals surface area contributed by atoms with Crippen LogP contribution in [0.5, 0.6) is 0 Å². The molecular formula is C24H22N4O4. The second-order valence-corrected chi connectivity index (χ2v) is 7.96. The Balaban J connectivity index is 1.31. The Bertz CT molecular complexity index is 1130. The number of aromatic nitrogens is 2. The number of hydrogen-bond acceptors (Lipinski definition) is 5. The van der Waals surface area contributed by atoms with Gasteiger partial charge in [0.25, 0.3) is 5.91 Å².